The van der Waals surface area contributed by atoms with Gasteiger partial charge in [-0.3, -0.25) is 8.99 Å². The molecule has 0 saturated carbocycles. The second-order valence-electron chi connectivity index (χ2n) is 4.20. The monoisotopic (exact) mass is 298 g/mol. The summed E-state index contributed by atoms with van der Waals surface area (Å²) in [6, 6.07) is 5.23. The van der Waals surface area contributed by atoms with E-state index in [1.807, 2.05) is 0 Å². The molecule has 1 aromatic heterocycles. The summed E-state index contributed by atoms with van der Waals surface area (Å²) in [7, 11) is -2.24. The predicted molar refractivity (Wildman–Crippen MR) is 74.2 cm³/mol. The molecule has 0 radical (unpaired) electrons. The Morgan fingerprint density at radius 2 is 1.95 bits per heavy atom. The highest BCUT2D eigenvalue weighted by Crippen LogP contribution is 2.26. The summed E-state index contributed by atoms with van der Waals surface area (Å²) >= 11 is 0. The first-order valence-corrected chi connectivity index (χ1v) is 7.37. The molecule has 0 aliphatic heterocycles. The van der Waals surface area contributed by atoms with Gasteiger partial charge in [-0.25, -0.2) is 12.8 Å². The van der Waals surface area contributed by atoms with Crippen LogP contribution in [0.15, 0.2) is 35.4 Å². The number of benzene rings is 1. The number of hydrogen-bond acceptors (Lipinski definition) is 4. The molecule has 0 atom stereocenters. The molecule has 2 aromatic rings. The lowest BCUT2D eigenvalue weighted by Gasteiger charge is -2.22. The summed E-state index contributed by atoms with van der Waals surface area (Å²) in [5.74, 6) is -0.490. The van der Waals surface area contributed by atoms with Gasteiger partial charge in [0.25, 0.3) is 10.0 Å². The Morgan fingerprint density at radius 3 is 2.40 bits per heavy atom. The molecule has 2 N–H and O–H groups in total. The number of hydrogen-bond donors (Lipinski definition) is 1. The van der Waals surface area contributed by atoms with E-state index in [1.54, 1.807) is 14.0 Å². The van der Waals surface area contributed by atoms with Crippen molar-refractivity contribution in [2.75, 3.05) is 16.6 Å². The fraction of sp³-hybridized carbons (Fsp3) is 0.250. The quantitative estimate of drug-likeness (QED) is 0.924. The van der Waals surface area contributed by atoms with Crippen LogP contribution < -0.4 is 10.0 Å². The van der Waals surface area contributed by atoms with Crippen molar-refractivity contribution in [3.8, 4) is 0 Å². The van der Waals surface area contributed by atoms with Crippen LogP contribution in [0.25, 0.3) is 0 Å². The van der Waals surface area contributed by atoms with Gasteiger partial charge in [-0.15, -0.1) is 0 Å². The number of sulfonamides is 1. The summed E-state index contributed by atoms with van der Waals surface area (Å²) in [6.45, 7) is 1.88. The Morgan fingerprint density at radius 1 is 1.35 bits per heavy atom. The van der Waals surface area contributed by atoms with Gasteiger partial charge in [-0.1, -0.05) is 0 Å². The molecule has 0 aliphatic rings. The first-order chi connectivity index (χ1) is 9.36. The van der Waals surface area contributed by atoms with Crippen molar-refractivity contribution in [2.24, 2.45) is 7.05 Å². The van der Waals surface area contributed by atoms with Gasteiger partial charge in [-0.05, 0) is 31.2 Å². The highest BCUT2D eigenvalue weighted by molar-refractivity contribution is 7.93. The molecule has 0 saturated heterocycles. The number of halogens is 1. The van der Waals surface area contributed by atoms with Gasteiger partial charge in [0, 0.05) is 19.8 Å². The van der Waals surface area contributed by atoms with E-state index in [4.69, 9.17) is 5.73 Å². The van der Waals surface area contributed by atoms with Crippen molar-refractivity contribution in [2.45, 2.75) is 11.8 Å². The Kier molecular flexibility index (Phi) is 3.67. The van der Waals surface area contributed by atoms with Gasteiger partial charge in [0.05, 0.1) is 5.69 Å². The normalized spacial score (nSPS) is 11.6. The van der Waals surface area contributed by atoms with Gasteiger partial charge in [0.1, 0.15) is 10.7 Å². The minimum Gasteiger partial charge on any atom is -0.381 e. The first-order valence-electron chi connectivity index (χ1n) is 5.93. The van der Waals surface area contributed by atoms with Gasteiger partial charge in [0.15, 0.2) is 5.82 Å². The van der Waals surface area contributed by atoms with E-state index < -0.39 is 15.8 Å². The van der Waals surface area contributed by atoms with Crippen LogP contribution in [0.3, 0.4) is 0 Å². The summed E-state index contributed by atoms with van der Waals surface area (Å²) in [6.07, 6.45) is 1.34. The molecule has 0 fully saturated rings. The van der Waals surface area contributed by atoms with Crippen LogP contribution in [-0.2, 0) is 17.1 Å². The molecule has 108 valence electrons. The largest absolute Gasteiger partial charge is 0.381 e. The smallest absolute Gasteiger partial charge is 0.269 e. The molecular weight excluding hydrogens is 283 g/mol. The molecule has 2 rings (SSSR count). The molecule has 0 amide bonds. The Bertz CT molecular complexity index is 710. The van der Waals surface area contributed by atoms with E-state index in [0.717, 1.165) is 4.31 Å². The van der Waals surface area contributed by atoms with Gasteiger partial charge < -0.3 is 5.73 Å². The summed E-state index contributed by atoms with van der Waals surface area (Å²) < 4.78 is 40.6. The molecule has 0 bridgehead atoms. The maximum Gasteiger partial charge on any atom is 0.269 e. The maximum atomic E-state index is 12.9. The van der Waals surface area contributed by atoms with Gasteiger partial charge in [-0.2, -0.15) is 5.10 Å². The highest BCUT2D eigenvalue weighted by atomic mass is 32.2. The third-order valence-electron chi connectivity index (χ3n) is 2.79. The molecule has 0 unspecified atom stereocenters. The minimum atomic E-state index is -3.82. The average Bonchev–Trinajstić information content (AvgIpc) is 2.72. The third kappa shape index (κ3) is 2.46. The van der Waals surface area contributed by atoms with Crippen molar-refractivity contribution in [1.29, 1.82) is 0 Å². The second kappa shape index (κ2) is 5.12. The van der Waals surface area contributed by atoms with E-state index in [2.05, 4.69) is 5.10 Å². The second-order valence-corrected chi connectivity index (χ2v) is 6.03. The number of nitrogens with zero attached hydrogens (tertiary/aromatic N) is 3. The number of rotatable bonds is 4. The lowest BCUT2D eigenvalue weighted by Crippen LogP contribution is -2.31. The molecule has 20 heavy (non-hydrogen) atoms. The van der Waals surface area contributed by atoms with Crippen molar-refractivity contribution in [3.05, 3.63) is 36.3 Å². The lowest BCUT2D eigenvalue weighted by atomic mass is 10.3. The Balaban J connectivity index is 2.50. The maximum absolute atomic E-state index is 12.9. The van der Waals surface area contributed by atoms with Crippen LogP contribution in [0.2, 0.25) is 0 Å². The number of anilines is 2. The predicted octanol–water partition coefficient (Wildman–Crippen LogP) is 1.36. The summed E-state index contributed by atoms with van der Waals surface area (Å²) in [5.41, 5.74) is 6.00. The van der Waals surface area contributed by atoms with Crippen molar-refractivity contribution in [1.82, 2.24) is 9.78 Å². The van der Waals surface area contributed by atoms with E-state index >= 15 is 0 Å². The topological polar surface area (TPSA) is 81.2 Å². The zero-order valence-corrected chi connectivity index (χ0v) is 11.9. The van der Waals surface area contributed by atoms with Crippen LogP contribution >= 0.6 is 0 Å². The minimum absolute atomic E-state index is 0.0620. The lowest BCUT2D eigenvalue weighted by molar-refractivity contribution is 0.591. The fourth-order valence-electron chi connectivity index (χ4n) is 1.90. The van der Waals surface area contributed by atoms with E-state index in [9.17, 15) is 12.8 Å². The molecule has 8 heteroatoms. The van der Waals surface area contributed by atoms with Crippen LogP contribution in [0, 0.1) is 5.82 Å². The Labute approximate surface area is 116 Å². The summed E-state index contributed by atoms with van der Waals surface area (Å²) in [5, 5.41) is 3.83. The zero-order valence-electron chi connectivity index (χ0n) is 11.1. The number of aromatic nitrogens is 2. The molecule has 0 spiro atoms. The molecule has 6 nitrogen and oxygen atoms in total. The van der Waals surface area contributed by atoms with E-state index in [1.165, 1.54) is 35.1 Å². The van der Waals surface area contributed by atoms with Crippen molar-refractivity contribution < 1.29 is 12.8 Å². The number of nitrogen functional groups attached to an aromatic ring is 1. The Hall–Kier alpha value is -2.09. The summed E-state index contributed by atoms with van der Waals surface area (Å²) in [4.78, 5) is -0.0637. The van der Waals surface area contributed by atoms with Crippen molar-refractivity contribution in [3.63, 3.8) is 0 Å². The van der Waals surface area contributed by atoms with Crippen LogP contribution in [0.5, 0.6) is 0 Å². The van der Waals surface area contributed by atoms with E-state index in [0.29, 0.717) is 5.69 Å². The van der Waals surface area contributed by atoms with Gasteiger partial charge >= 0.3 is 0 Å². The van der Waals surface area contributed by atoms with Crippen LogP contribution in [0.1, 0.15) is 6.92 Å². The van der Waals surface area contributed by atoms with Gasteiger partial charge in [0.2, 0.25) is 0 Å². The molecule has 0 aliphatic carbocycles. The molecule has 1 aromatic carbocycles. The molecule has 1 heterocycles. The molecular formula is C12H15FN4O2S. The number of aryl methyl sites for hydroxylation is 1. The van der Waals surface area contributed by atoms with Crippen LogP contribution in [0.4, 0.5) is 15.9 Å². The average molecular weight is 298 g/mol. The van der Waals surface area contributed by atoms with E-state index in [-0.39, 0.29) is 17.3 Å². The van der Waals surface area contributed by atoms with Crippen molar-refractivity contribution >= 4 is 21.5 Å². The van der Waals surface area contributed by atoms with Crippen LogP contribution in [-0.4, -0.2) is 24.7 Å². The highest BCUT2D eigenvalue weighted by Gasteiger charge is 2.27. The standard InChI is InChI=1S/C12H15FN4O2S/c1-3-17(10-6-4-9(13)5-7-10)20(18,19)11-8-16(2)15-12(11)14/h4-8H,3H2,1-2H3,(H2,14,15). The third-order valence-corrected chi connectivity index (χ3v) is 4.71. The fourth-order valence-corrected chi connectivity index (χ4v) is 3.47. The number of nitrogens with two attached hydrogens (primary N) is 1. The SMILES string of the molecule is CCN(c1ccc(F)cc1)S(=O)(=O)c1cn(C)nc1N. The zero-order chi connectivity index (χ0) is 14.9. The first kappa shape index (κ1) is 14.3.